The smallest absolute Gasteiger partial charge is 0.253 e. The number of benzene rings is 1. The van der Waals surface area contributed by atoms with E-state index in [0.29, 0.717) is 37.8 Å². The molecule has 3 rings (SSSR count). The average molecular weight is 396 g/mol. The molecule has 2 unspecified atom stereocenters. The first-order valence-corrected chi connectivity index (χ1v) is 11.0. The second-order valence-electron chi connectivity index (χ2n) is 7.46. The molecule has 0 bridgehead atoms. The van der Waals surface area contributed by atoms with Crippen LogP contribution in [-0.4, -0.2) is 75.0 Å². The first-order chi connectivity index (χ1) is 12.8. The highest BCUT2D eigenvalue weighted by atomic mass is 32.2. The third-order valence-electron chi connectivity index (χ3n) is 5.32. The topological polar surface area (TPSA) is 79.0 Å². The zero-order chi connectivity index (χ0) is 19.6. The molecule has 0 spiro atoms. The molecule has 1 aromatic carbocycles. The first kappa shape index (κ1) is 20.3. The third-order valence-corrected chi connectivity index (χ3v) is 7.16. The van der Waals surface area contributed by atoms with Crippen molar-refractivity contribution >= 4 is 15.9 Å². The predicted octanol–water partition coefficient (Wildman–Crippen LogP) is 1.31. The van der Waals surface area contributed by atoms with E-state index < -0.39 is 10.0 Å². The highest BCUT2D eigenvalue weighted by Crippen LogP contribution is 2.22. The van der Waals surface area contributed by atoms with Crippen molar-refractivity contribution < 1.29 is 17.9 Å². The van der Waals surface area contributed by atoms with E-state index in [1.165, 1.54) is 16.4 Å². The van der Waals surface area contributed by atoms with Gasteiger partial charge in [0, 0.05) is 37.8 Å². The molecule has 2 saturated heterocycles. The number of nitrogens with zero attached hydrogens (tertiary/aromatic N) is 2. The molecule has 2 heterocycles. The van der Waals surface area contributed by atoms with Crippen LogP contribution in [0.25, 0.3) is 0 Å². The summed E-state index contributed by atoms with van der Waals surface area (Å²) >= 11 is 0. The molecule has 2 aliphatic heterocycles. The van der Waals surface area contributed by atoms with Gasteiger partial charge in [-0.25, -0.2) is 8.42 Å². The van der Waals surface area contributed by atoms with E-state index in [4.69, 9.17) is 4.74 Å². The number of sulfonamides is 1. The number of ether oxygens (including phenoxy) is 1. The van der Waals surface area contributed by atoms with Crippen molar-refractivity contribution in [1.82, 2.24) is 14.5 Å². The van der Waals surface area contributed by atoms with E-state index in [1.807, 2.05) is 25.8 Å². The Bertz CT molecular complexity index is 748. The standard InChI is InChI=1S/C19H29N3O4S/c1-14-12-22(13-15(2)26-14)27(24,25)18-6-4-16(5-7-18)19(23)21-10-8-17(20-3)9-11-21/h4-7,14-15,17,20H,8-13H2,1-3H3. The lowest BCUT2D eigenvalue weighted by Gasteiger charge is -2.34. The summed E-state index contributed by atoms with van der Waals surface area (Å²) in [5.41, 5.74) is 0.528. The molecule has 150 valence electrons. The minimum atomic E-state index is -3.59. The Balaban J connectivity index is 1.70. The largest absolute Gasteiger partial charge is 0.373 e. The van der Waals surface area contributed by atoms with Crippen molar-refractivity contribution in [1.29, 1.82) is 0 Å². The lowest BCUT2D eigenvalue weighted by molar-refractivity contribution is -0.0440. The number of hydrogen-bond acceptors (Lipinski definition) is 5. The molecule has 0 radical (unpaired) electrons. The summed E-state index contributed by atoms with van der Waals surface area (Å²) in [6, 6.07) is 6.76. The Morgan fingerprint density at radius 3 is 2.15 bits per heavy atom. The van der Waals surface area contributed by atoms with Crippen molar-refractivity contribution in [3.8, 4) is 0 Å². The minimum Gasteiger partial charge on any atom is -0.373 e. The Morgan fingerprint density at radius 1 is 1.07 bits per heavy atom. The van der Waals surface area contributed by atoms with Crippen LogP contribution in [0.2, 0.25) is 0 Å². The van der Waals surface area contributed by atoms with Crippen LogP contribution in [0.15, 0.2) is 29.2 Å². The first-order valence-electron chi connectivity index (χ1n) is 9.53. The zero-order valence-corrected chi connectivity index (χ0v) is 17.0. The second-order valence-corrected chi connectivity index (χ2v) is 9.40. The number of carbonyl (C=O) groups excluding carboxylic acids is 1. The van der Waals surface area contributed by atoms with Gasteiger partial charge in [-0.1, -0.05) is 0 Å². The molecule has 0 saturated carbocycles. The highest BCUT2D eigenvalue weighted by molar-refractivity contribution is 7.89. The quantitative estimate of drug-likeness (QED) is 0.832. The molecule has 1 aromatic rings. The second kappa shape index (κ2) is 8.26. The van der Waals surface area contributed by atoms with Gasteiger partial charge in [0.25, 0.3) is 5.91 Å². The lowest BCUT2D eigenvalue weighted by Crippen LogP contribution is -2.48. The van der Waals surface area contributed by atoms with Crippen LogP contribution in [0, 0.1) is 0 Å². The zero-order valence-electron chi connectivity index (χ0n) is 16.2. The summed E-state index contributed by atoms with van der Waals surface area (Å²) in [6.07, 6.45) is 1.60. The van der Waals surface area contributed by atoms with E-state index in [0.717, 1.165) is 12.8 Å². The monoisotopic (exact) mass is 395 g/mol. The highest BCUT2D eigenvalue weighted by Gasteiger charge is 2.32. The van der Waals surface area contributed by atoms with Crippen LogP contribution in [0.4, 0.5) is 0 Å². The molecule has 2 atom stereocenters. The number of carbonyl (C=O) groups is 1. The fourth-order valence-electron chi connectivity index (χ4n) is 3.80. The summed E-state index contributed by atoms with van der Waals surface area (Å²) in [4.78, 5) is 14.7. The Hall–Kier alpha value is -1.48. The maximum Gasteiger partial charge on any atom is 0.253 e. The van der Waals surface area contributed by atoms with Crippen molar-refractivity contribution in [3.05, 3.63) is 29.8 Å². The van der Waals surface area contributed by atoms with Gasteiger partial charge in [0.2, 0.25) is 10.0 Å². The number of hydrogen-bond donors (Lipinski definition) is 1. The van der Waals surface area contributed by atoms with Gasteiger partial charge in [-0.15, -0.1) is 0 Å². The van der Waals surface area contributed by atoms with Crippen molar-refractivity contribution in [2.45, 2.75) is 49.8 Å². The van der Waals surface area contributed by atoms with Crippen LogP contribution < -0.4 is 5.32 Å². The summed E-state index contributed by atoms with van der Waals surface area (Å²) in [5.74, 6) is -0.0397. The van der Waals surface area contributed by atoms with Crippen LogP contribution in [-0.2, 0) is 14.8 Å². The molecule has 2 fully saturated rings. The Morgan fingerprint density at radius 2 is 1.63 bits per heavy atom. The van der Waals surface area contributed by atoms with Gasteiger partial charge >= 0.3 is 0 Å². The van der Waals surface area contributed by atoms with Gasteiger partial charge in [0.15, 0.2) is 0 Å². The Kier molecular flexibility index (Phi) is 6.20. The third kappa shape index (κ3) is 4.51. The maximum absolute atomic E-state index is 12.9. The molecule has 1 N–H and O–H groups in total. The SMILES string of the molecule is CNC1CCN(C(=O)c2ccc(S(=O)(=O)N3CC(C)OC(C)C3)cc2)CC1. The molecule has 1 amide bonds. The summed E-state index contributed by atoms with van der Waals surface area (Å²) in [7, 11) is -1.64. The fourth-order valence-corrected chi connectivity index (χ4v) is 5.39. The van der Waals surface area contributed by atoms with Gasteiger partial charge in [-0.05, 0) is 58.0 Å². The minimum absolute atomic E-state index is 0.0397. The molecule has 0 aliphatic carbocycles. The molecule has 27 heavy (non-hydrogen) atoms. The Labute approximate surface area is 161 Å². The molecular formula is C19H29N3O4S. The van der Waals surface area contributed by atoms with Gasteiger partial charge < -0.3 is 15.0 Å². The van der Waals surface area contributed by atoms with Gasteiger partial charge in [0.1, 0.15) is 0 Å². The summed E-state index contributed by atoms with van der Waals surface area (Å²) in [6.45, 7) is 5.86. The molecular weight excluding hydrogens is 366 g/mol. The van der Waals surface area contributed by atoms with Crippen LogP contribution in [0.5, 0.6) is 0 Å². The van der Waals surface area contributed by atoms with E-state index >= 15 is 0 Å². The average Bonchev–Trinajstić information content (AvgIpc) is 2.67. The van der Waals surface area contributed by atoms with E-state index in [1.54, 1.807) is 12.1 Å². The number of piperidine rings is 1. The van der Waals surface area contributed by atoms with Crippen molar-refractivity contribution in [2.75, 3.05) is 33.2 Å². The van der Waals surface area contributed by atoms with Gasteiger partial charge in [-0.2, -0.15) is 4.31 Å². The van der Waals surface area contributed by atoms with E-state index in [2.05, 4.69) is 5.32 Å². The maximum atomic E-state index is 12.9. The van der Waals surface area contributed by atoms with Crippen LogP contribution >= 0.6 is 0 Å². The summed E-state index contributed by atoms with van der Waals surface area (Å²) in [5, 5.41) is 3.25. The normalized spacial score (nSPS) is 25.5. The molecule has 2 aliphatic rings. The predicted molar refractivity (Wildman–Crippen MR) is 103 cm³/mol. The summed E-state index contributed by atoms with van der Waals surface area (Å²) < 4.78 is 32.9. The van der Waals surface area contributed by atoms with Gasteiger partial charge in [0.05, 0.1) is 17.1 Å². The number of rotatable bonds is 4. The number of likely N-dealkylation sites (tertiary alicyclic amines) is 1. The number of nitrogens with one attached hydrogen (secondary N) is 1. The number of morpholine rings is 1. The lowest BCUT2D eigenvalue weighted by atomic mass is 10.0. The van der Waals surface area contributed by atoms with E-state index in [9.17, 15) is 13.2 Å². The van der Waals surface area contributed by atoms with Crippen molar-refractivity contribution in [3.63, 3.8) is 0 Å². The molecule has 8 heteroatoms. The van der Waals surface area contributed by atoms with Gasteiger partial charge in [-0.3, -0.25) is 4.79 Å². The van der Waals surface area contributed by atoms with Crippen LogP contribution in [0.1, 0.15) is 37.0 Å². The van der Waals surface area contributed by atoms with E-state index in [-0.39, 0.29) is 23.0 Å². The molecule has 0 aromatic heterocycles. The van der Waals surface area contributed by atoms with Crippen LogP contribution in [0.3, 0.4) is 0 Å². The number of amides is 1. The van der Waals surface area contributed by atoms with Crippen molar-refractivity contribution in [2.24, 2.45) is 0 Å². The molecule has 7 nitrogen and oxygen atoms in total. The fraction of sp³-hybridized carbons (Fsp3) is 0.632.